The summed E-state index contributed by atoms with van der Waals surface area (Å²) in [6.07, 6.45) is 1.51. The van der Waals surface area contributed by atoms with Gasteiger partial charge in [0.2, 0.25) is 0 Å². The minimum atomic E-state index is -0.460. The van der Waals surface area contributed by atoms with Crippen molar-refractivity contribution in [2.75, 3.05) is 12.3 Å². The van der Waals surface area contributed by atoms with Gasteiger partial charge in [-0.25, -0.2) is 14.8 Å². The Morgan fingerprint density at radius 3 is 2.52 bits per heavy atom. The largest absolute Gasteiger partial charge is 0.462 e. The Labute approximate surface area is 124 Å². The maximum atomic E-state index is 12.0. The van der Waals surface area contributed by atoms with Gasteiger partial charge in [-0.1, -0.05) is 43.7 Å². The fraction of sp³-hybridized carbons (Fsp3) is 0.312. The lowest BCUT2D eigenvalue weighted by Crippen LogP contribution is -2.15. The van der Waals surface area contributed by atoms with E-state index in [9.17, 15) is 4.79 Å². The Bertz CT molecular complexity index is 627. The number of hydrogen-bond acceptors (Lipinski definition) is 5. The fourth-order valence-corrected chi connectivity index (χ4v) is 2.09. The summed E-state index contributed by atoms with van der Waals surface area (Å²) in [5.74, 6) is 0.244. The quantitative estimate of drug-likeness (QED) is 0.855. The van der Waals surface area contributed by atoms with Gasteiger partial charge in [0.25, 0.3) is 0 Å². The van der Waals surface area contributed by atoms with Gasteiger partial charge >= 0.3 is 5.97 Å². The maximum absolute atomic E-state index is 12.0. The average Bonchev–Trinajstić information content (AvgIpc) is 2.48. The molecule has 2 aromatic rings. The Morgan fingerprint density at radius 1 is 1.19 bits per heavy atom. The van der Waals surface area contributed by atoms with E-state index in [1.165, 1.54) is 0 Å². The molecule has 5 nitrogen and oxygen atoms in total. The summed E-state index contributed by atoms with van der Waals surface area (Å²) in [5, 5.41) is 0. The van der Waals surface area contributed by atoms with E-state index in [1.807, 2.05) is 37.3 Å². The lowest BCUT2D eigenvalue weighted by Gasteiger charge is -2.11. The highest BCUT2D eigenvalue weighted by Gasteiger charge is 2.20. The molecule has 0 unspecified atom stereocenters. The minimum absolute atomic E-state index is 0.172. The van der Waals surface area contributed by atoms with Gasteiger partial charge in [-0.05, 0) is 13.3 Å². The minimum Gasteiger partial charge on any atom is -0.462 e. The van der Waals surface area contributed by atoms with Gasteiger partial charge in [0.05, 0.1) is 12.3 Å². The van der Waals surface area contributed by atoms with Gasteiger partial charge in [0.1, 0.15) is 11.4 Å². The Kier molecular flexibility index (Phi) is 4.87. The van der Waals surface area contributed by atoms with Crippen LogP contribution in [0.15, 0.2) is 30.3 Å². The predicted molar refractivity (Wildman–Crippen MR) is 81.8 cm³/mol. The first-order valence-corrected chi connectivity index (χ1v) is 7.06. The number of carbonyl (C=O) groups excluding carboxylic acids is 1. The molecule has 0 atom stereocenters. The molecule has 1 aromatic heterocycles. The van der Waals surface area contributed by atoms with Gasteiger partial charge in [-0.3, -0.25) is 0 Å². The molecule has 2 rings (SSSR count). The lowest BCUT2D eigenvalue weighted by atomic mass is 10.1. The molecule has 0 aliphatic heterocycles. The third kappa shape index (κ3) is 3.37. The zero-order chi connectivity index (χ0) is 15.2. The summed E-state index contributed by atoms with van der Waals surface area (Å²) in [6.45, 7) is 4.08. The van der Waals surface area contributed by atoms with E-state index in [4.69, 9.17) is 10.5 Å². The number of esters is 1. The van der Waals surface area contributed by atoms with Crippen molar-refractivity contribution in [2.45, 2.75) is 26.7 Å². The first kappa shape index (κ1) is 15.0. The van der Waals surface area contributed by atoms with Gasteiger partial charge in [-0.15, -0.1) is 0 Å². The number of aryl methyl sites for hydroxylation is 1. The number of nitrogens with zero attached hydrogens (tertiary/aromatic N) is 2. The molecule has 1 heterocycles. The predicted octanol–water partition coefficient (Wildman–Crippen LogP) is 2.86. The van der Waals surface area contributed by atoms with Crippen LogP contribution in [0.4, 0.5) is 5.82 Å². The number of rotatable bonds is 5. The highest BCUT2D eigenvalue weighted by molar-refractivity contribution is 5.95. The lowest BCUT2D eigenvalue weighted by molar-refractivity contribution is 0.0525. The number of hydrogen-bond donors (Lipinski definition) is 1. The van der Waals surface area contributed by atoms with Gasteiger partial charge in [0, 0.05) is 5.56 Å². The van der Waals surface area contributed by atoms with Crippen molar-refractivity contribution >= 4 is 11.8 Å². The van der Waals surface area contributed by atoms with Crippen LogP contribution < -0.4 is 5.73 Å². The second-order valence-electron chi connectivity index (χ2n) is 4.59. The van der Waals surface area contributed by atoms with Crippen LogP contribution >= 0.6 is 0 Å². The Morgan fingerprint density at radius 2 is 1.90 bits per heavy atom. The Hall–Kier alpha value is -2.43. The van der Waals surface area contributed by atoms with Crippen molar-refractivity contribution in [3.63, 3.8) is 0 Å². The molecular formula is C16H19N3O2. The molecule has 21 heavy (non-hydrogen) atoms. The number of ether oxygens (including phenoxy) is 1. The van der Waals surface area contributed by atoms with Crippen molar-refractivity contribution in [1.29, 1.82) is 0 Å². The summed E-state index contributed by atoms with van der Waals surface area (Å²) in [4.78, 5) is 20.8. The third-order valence-electron chi connectivity index (χ3n) is 3.01. The molecule has 110 valence electrons. The molecule has 5 heteroatoms. The third-order valence-corrected chi connectivity index (χ3v) is 3.01. The molecular weight excluding hydrogens is 266 g/mol. The number of aromatic nitrogens is 2. The van der Waals surface area contributed by atoms with E-state index in [0.29, 0.717) is 30.1 Å². The van der Waals surface area contributed by atoms with Gasteiger partial charge in [0.15, 0.2) is 5.82 Å². The number of anilines is 1. The van der Waals surface area contributed by atoms with Crippen LogP contribution in [0.2, 0.25) is 0 Å². The van der Waals surface area contributed by atoms with Crippen LogP contribution in [-0.4, -0.2) is 22.5 Å². The zero-order valence-corrected chi connectivity index (χ0v) is 12.3. The van der Waals surface area contributed by atoms with Crippen LogP contribution in [-0.2, 0) is 11.2 Å². The molecule has 1 aromatic carbocycles. The average molecular weight is 285 g/mol. The maximum Gasteiger partial charge on any atom is 0.343 e. The monoisotopic (exact) mass is 285 g/mol. The van der Waals surface area contributed by atoms with Crippen molar-refractivity contribution in [3.05, 3.63) is 41.6 Å². The number of nitrogens with two attached hydrogens (primary N) is 1. The number of carbonyl (C=O) groups is 1. The smallest absolute Gasteiger partial charge is 0.343 e. The van der Waals surface area contributed by atoms with Crippen LogP contribution in [0.3, 0.4) is 0 Å². The molecule has 0 spiro atoms. The van der Waals surface area contributed by atoms with Crippen molar-refractivity contribution < 1.29 is 9.53 Å². The SMILES string of the molecule is CCCc1nc(-c2ccccc2)nc(N)c1C(=O)OCC. The topological polar surface area (TPSA) is 78.1 Å². The standard InChI is InChI=1S/C16H19N3O2/c1-3-8-12-13(16(20)21-4-2)14(17)19-15(18-12)11-9-6-5-7-10-11/h5-7,9-10H,3-4,8H2,1-2H3,(H2,17,18,19). The van der Waals surface area contributed by atoms with Gasteiger partial charge < -0.3 is 10.5 Å². The highest BCUT2D eigenvalue weighted by atomic mass is 16.5. The molecule has 0 radical (unpaired) electrons. The first-order chi connectivity index (χ1) is 10.2. The fourth-order valence-electron chi connectivity index (χ4n) is 2.09. The highest BCUT2D eigenvalue weighted by Crippen LogP contribution is 2.22. The van der Waals surface area contributed by atoms with E-state index in [1.54, 1.807) is 6.92 Å². The second kappa shape index (κ2) is 6.83. The molecule has 0 saturated heterocycles. The van der Waals surface area contributed by atoms with E-state index in [-0.39, 0.29) is 5.82 Å². The molecule has 0 amide bonds. The van der Waals surface area contributed by atoms with Crippen molar-refractivity contribution in [3.8, 4) is 11.4 Å². The van der Waals surface area contributed by atoms with Crippen LogP contribution in [0.5, 0.6) is 0 Å². The molecule has 0 aliphatic rings. The summed E-state index contributed by atoms with van der Waals surface area (Å²) < 4.78 is 5.04. The summed E-state index contributed by atoms with van der Waals surface area (Å²) in [6, 6.07) is 9.57. The zero-order valence-electron chi connectivity index (χ0n) is 12.3. The normalized spacial score (nSPS) is 10.4. The van der Waals surface area contributed by atoms with Crippen LogP contribution in [0.25, 0.3) is 11.4 Å². The molecule has 0 saturated carbocycles. The number of nitrogen functional groups attached to an aromatic ring is 1. The Balaban J connectivity index is 2.51. The summed E-state index contributed by atoms with van der Waals surface area (Å²) >= 11 is 0. The van der Waals surface area contributed by atoms with E-state index < -0.39 is 5.97 Å². The van der Waals surface area contributed by atoms with E-state index in [2.05, 4.69) is 9.97 Å². The van der Waals surface area contributed by atoms with Crippen molar-refractivity contribution in [2.24, 2.45) is 0 Å². The van der Waals surface area contributed by atoms with Crippen molar-refractivity contribution in [1.82, 2.24) is 9.97 Å². The van der Waals surface area contributed by atoms with Gasteiger partial charge in [-0.2, -0.15) is 0 Å². The summed E-state index contributed by atoms with van der Waals surface area (Å²) in [5.41, 5.74) is 7.77. The summed E-state index contributed by atoms with van der Waals surface area (Å²) in [7, 11) is 0. The molecule has 2 N–H and O–H groups in total. The first-order valence-electron chi connectivity index (χ1n) is 7.06. The van der Waals surface area contributed by atoms with E-state index in [0.717, 1.165) is 12.0 Å². The van der Waals surface area contributed by atoms with E-state index >= 15 is 0 Å². The molecule has 0 fully saturated rings. The number of benzene rings is 1. The second-order valence-corrected chi connectivity index (χ2v) is 4.59. The van der Waals surface area contributed by atoms with Crippen LogP contribution in [0, 0.1) is 0 Å². The molecule has 0 bridgehead atoms. The van der Waals surface area contributed by atoms with Crippen LogP contribution in [0.1, 0.15) is 36.3 Å². The molecule has 0 aliphatic carbocycles.